The molecule has 0 aromatic heterocycles. The Morgan fingerprint density at radius 2 is 2.11 bits per heavy atom. The topological polar surface area (TPSA) is 20.3 Å². The number of carbonyl (C=O) groups excluding carboxylic acids is 1. The van der Waals surface area contributed by atoms with Gasteiger partial charge in [-0.25, -0.2) is 0 Å². The summed E-state index contributed by atoms with van der Waals surface area (Å²) in [7, 11) is 0. The van der Waals surface area contributed by atoms with Crippen LogP contribution in [-0.4, -0.2) is 29.2 Å². The van der Waals surface area contributed by atoms with Crippen LogP contribution >= 0.6 is 50.1 Å². The molecule has 0 aliphatic carbocycles. The van der Waals surface area contributed by atoms with Crippen LogP contribution in [0.2, 0.25) is 5.02 Å². The highest BCUT2D eigenvalue weighted by Crippen LogP contribution is 2.24. The van der Waals surface area contributed by atoms with E-state index in [1.807, 2.05) is 17.0 Å². The van der Waals surface area contributed by atoms with Crippen molar-refractivity contribution in [3.8, 4) is 0 Å². The van der Waals surface area contributed by atoms with Crippen molar-refractivity contribution < 1.29 is 4.79 Å². The fraction of sp³-hybridized carbons (Fsp3) is 0.462. The Labute approximate surface area is 134 Å². The molecule has 2 nitrogen and oxygen atoms in total. The van der Waals surface area contributed by atoms with E-state index in [0.717, 1.165) is 40.4 Å². The van der Waals surface area contributed by atoms with Crippen LogP contribution in [0.4, 0.5) is 0 Å². The van der Waals surface area contributed by atoms with Crippen molar-refractivity contribution in [3.63, 3.8) is 0 Å². The highest BCUT2D eigenvalue weighted by atomic mass is 127. The maximum atomic E-state index is 12.4. The lowest BCUT2D eigenvalue weighted by Crippen LogP contribution is -2.39. The zero-order valence-corrected chi connectivity index (χ0v) is 14.3. The molecule has 2 rings (SSSR count). The molecule has 1 aromatic carbocycles. The number of carbonyl (C=O) groups is 1. The van der Waals surface area contributed by atoms with E-state index in [0.29, 0.717) is 10.9 Å². The van der Waals surface area contributed by atoms with E-state index in [4.69, 9.17) is 11.6 Å². The number of nitrogens with zero attached hydrogens (tertiary/aromatic N) is 1. The van der Waals surface area contributed by atoms with Crippen molar-refractivity contribution in [2.75, 3.05) is 18.4 Å². The Morgan fingerprint density at radius 1 is 1.44 bits per heavy atom. The molecule has 18 heavy (non-hydrogen) atoms. The molecular formula is C13H14BrClINO. The van der Waals surface area contributed by atoms with Crippen LogP contribution in [0.5, 0.6) is 0 Å². The van der Waals surface area contributed by atoms with Gasteiger partial charge < -0.3 is 4.90 Å². The van der Waals surface area contributed by atoms with Gasteiger partial charge in [0.2, 0.25) is 0 Å². The van der Waals surface area contributed by atoms with Crippen LogP contribution in [0, 0.1) is 9.49 Å². The molecule has 0 unspecified atom stereocenters. The van der Waals surface area contributed by atoms with Crippen molar-refractivity contribution in [1.82, 2.24) is 4.90 Å². The monoisotopic (exact) mass is 441 g/mol. The Morgan fingerprint density at radius 3 is 2.72 bits per heavy atom. The first kappa shape index (κ1) is 14.6. The number of benzene rings is 1. The zero-order valence-electron chi connectivity index (χ0n) is 9.83. The maximum absolute atomic E-state index is 12.4. The van der Waals surface area contributed by atoms with E-state index in [-0.39, 0.29) is 5.91 Å². The van der Waals surface area contributed by atoms with Gasteiger partial charge in [0.1, 0.15) is 0 Å². The first-order chi connectivity index (χ1) is 8.61. The summed E-state index contributed by atoms with van der Waals surface area (Å²) < 4.78 is 0.963. The molecule has 1 aliphatic rings. The fourth-order valence-corrected chi connectivity index (χ4v) is 3.51. The van der Waals surface area contributed by atoms with Crippen LogP contribution < -0.4 is 0 Å². The second-order valence-corrected chi connectivity index (χ2v) is 6.76. The fourth-order valence-electron chi connectivity index (χ4n) is 2.12. The van der Waals surface area contributed by atoms with Crippen LogP contribution in [-0.2, 0) is 0 Å². The quantitative estimate of drug-likeness (QED) is 0.497. The third kappa shape index (κ3) is 3.39. The molecular weight excluding hydrogens is 428 g/mol. The predicted molar refractivity (Wildman–Crippen MR) is 86.6 cm³/mol. The summed E-state index contributed by atoms with van der Waals surface area (Å²) in [6.45, 7) is 1.69. The molecule has 1 amide bonds. The summed E-state index contributed by atoms with van der Waals surface area (Å²) in [4.78, 5) is 14.4. The summed E-state index contributed by atoms with van der Waals surface area (Å²) >= 11 is 11.7. The molecule has 5 heteroatoms. The van der Waals surface area contributed by atoms with Crippen molar-refractivity contribution >= 4 is 56.0 Å². The Balaban J connectivity index is 2.10. The minimum absolute atomic E-state index is 0.106. The molecule has 1 aliphatic heterocycles. The van der Waals surface area contributed by atoms with E-state index >= 15 is 0 Å². The van der Waals surface area contributed by atoms with E-state index in [9.17, 15) is 4.79 Å². The van der Waals surface area contributed by atoms with E-state index in [1.54, 1.807) is 6.07 Å². The number of hydrogen-bond donors (Lipinski definition) is 0. The van der Waals surface area contributed by atoms with E-state index < -0.39 is 0 Å². The lowest BCUT2D eigenvalue weighted by molar-refractivity contribution is 0.0698. The second-order valence-electron chi connectivity index (χ2n) is 4.51. The number of amides is 1. The summed E-state index contributed by atoms with van der Waals surface area (Å²) in [5.74, 6) is 0.808. The van der Waals surface area contributed by atoms with Crippen LogP contribution in [0.25, 0.3) is 0 Å². The molecule has 0 radical (unpaired) electrons. The van der Waals surface area contributed by atoms with E-state index in [2.05, 4.69) is 38.5 Å². The number of rotatable bonds is 2. The first-order valence-corrected chi connectivity index (χ1v) is 8.50. The highest BCUT2D eigenvalue weighted by molar-refractivity contribution is 14.1. The summed E-state index contributed by atoms with van der Waals surface area (Å²) in [6, 6.07) is 5.47. The standard InChI is InChI=1S/C13H14BrClINO/c14-8-9-3-5-17(6-4-9)13(18)11-7-10(15)1-2-12(11)16/h1-2,7,9H,3-6,8H2. The molecule has 1 aromatic rings. The van der Waals surface area contributed by atoms with Gasteiger partial charge in [-0.05, 0) is 59.5 Å². The Bertz CT molecular complexity index is 447. The SMILES string of the molecule is O=C(c1cc(Cl)ccc1I)N1CCC(CBr)CC1. The highest BCUT2D eigenvalue weighted by Gasteiger charge is 2.24. The second kappa shape index (κ2) is 6.57. The van der Waals surface area contributed by atoms with Crippen molar-refractivity contribution in [3.05, 3.63) is 32.4 Å². The lowest BCUT2D eigenvalue weighted by atomic mass is 9.98. The molecule has 0 atom stereocenters. The molecule has 0 spiro atoms. The van der Waals surface area contributed by atoms with Crippen molar-refractivity contribution in [1.29, 1.82) is 0 Å². The van der Waals surface area contributed by atoms with Gasteiger partial charge in [-0.15, -0.1) is 0 Å². The molecule has 1 fully saturated rings. The van der Waals surface area contributed by atoms with Crippen LogP contribution in [0.3, 0.4) is 0 Å². The summed E-state index contributed by atoms with van der Waals surface area (Å²) in [5.41, 5.74) is 0.723. The van der Waals surface area contributed by atoms with Gasteiger partial charge in [-0.1, -0.05) is 27.5 Å². The molecule has 1 heterocycles. The smallest absolute Gasteiger partial charge is 0.254 e. The zero-order chi connectivity index (χ0) is 13.1. The summed E-state index contributed by atoms with van der Waals surface area (Å²) in [6.07, 6.45) is 2.16. The number of likely N-dealkylation sites (tertiary alicyclic amines) is 1. The molecule has 0 saturated carbocycles. The van der Waals surface area contributed by atoms with Gasteiger partial charge in [-0.3, -0.25) is 4.79 Å². The number of piperidine rings is 1. The van der Waals surface area contributed by atoms with Gasteiger partial charge in [0.05, 0.1) is 5.56 Å². The Hall–Kier alpha value is 0.190. The predicted octanol–water partition coefficient (Wildman–Crippen LogP) is 4.19. The average molecular weight is 443 g/mol. The number of hydrogen-bond acceptors (Lipinski definition) is 1. The largest absolute Gasteiger partial charge is 0.339 e. The minimum Gasteiger partial charge on any atom is -0.339 e. The minimum atomic E-state index is 0.106. The molecule has 1 saturated heterocycles. The average Bonchev–Trinajstić information content (AvgIpc) is 2.41. The van der Waals surface area contributed by atoms with Gasteiger partial charge in [0.15, 0.2) is 0 Å². The molecule has 98 valence electrons. The molecule has 0 bridgehead atoms. The summed E-state index contributed by atoms with van der Waals surface area (Å²) in [5, 5.41) is 1.65. The van der Waals surface area contributed by atoms with Crippen LogP contribution in [0.15, 0.2) is 18.2 Å². The van der Waals surface area contributed by atoms with Gasteiger partial charge in [0, 0.05) is 27.0 Å². The molecule has 0 N–H and O–H groups in total. The van der Waals surface area contributed by atoms with Gasteiger partial charge in [0.25, 0.3) is 5.91 Å². The maximum Gasteiger partial charge on any atom is 0.254 e. The first-order valence-electron chi connectivity index (χ1n) is 5.92. The number of halogens is 3. The lowest BCUT2D eigenvalue weighted by Gasteiger charge is -2.31. The van der Waals surface area contributed by atoms with Crippen LogP contribution in [0.1, 0.15) is 23.2 Å². The van der Waals surface area contributed by atoms with Gasteiger partial charge in [-0.2, -0.15) is 0 Å². The third-order valence-corrected chi connectivity index (χ3v) is 5.37. The Kier molecular flexibility index (Phi) is 5.33. The van der Waals surface area contributed by atoms with Gasteiger partial charge >= 0.3 is 0 Å². The number of alkyl halides is 1. The van der Waals surface area contributed by atoms with E-state index in [1.165, 1.54) is 0 Å². The normalized spacial score (nSPS) is 16.9. The van der Waals surface area contributed by atoms with Crippen molar-refractivity contribution in [2.45, 2.75) is 12.8 Å². The van der Waals surface area contributed by atoms with Crippen molar-refractivity contribution in [2.24, 2.45) is 5.92 Å². The third-order valence-electron chi connectivity index (χ3n) is 3.28.